The van der Waals surface area contributed by atoms with E-state index in [0.717, 1.165) is 148 Å². The largest absolute Gasteiger partial charge is 0.479 e. The molecular formula is C63H102O12. The zero-order valence-electron chi connectivity index (χ0n) is 46.8. The molecule has 1 fully saturated rings. The molecule has 426 valence electrons. The number of carboxylic acid groups (broad SMARTS) is 1. The van der Waals surface area contributed by atoms with Gasteiger partial charge in [-0.25, -0.2) is 4.79 Å². The van der Waals surface area contributed by atoms with Crippen LogP contribution in [0.2, 0.25) is 0 Å². The standard InChI is InChI=1S/C63H102O12/c1-4-7-10-13-16-19-22-25-27-28-30-32-34-37-40-43-46-49-55(64)71-52-54(73-56(65)50-47-44-41-38-36-33-29-26-23-20-17-14-11-8-5-2)53-72-63-61(59(68)58(67)60(75-63)62(69)70)74-57(66)51-48-45-42-39-35-31-24-21-18-15-12-9-6-3/h7,10,12,15-17,19-21,24-27,29-30,32,54,58-61,63,67-68H,4-6,8-9,11,13-14,18,22-23,28,31,33-53H2,1-3H3,(H,69,70)/b10-7-,15-12-,19-16-,20-17-,24-21-,27-25-,29-26-,32-30-. The van der Waals surface area contributed by atoms with Gasteiger partial charge >= 0.3 is 23.9 Å². The molecule has 1 saturated heterocycles. The van der Waals surface area contributed by atoms with Crippen molar-refractivity contribution in [1.82, 2.24) is 0 Å². The van der Waals surface area contributed by atoms with E-state index in [-0.39, 0.29) is 25.9 Å². The van der Waals surface area contributed by atoms with E-state index in [1.54, 1.807) is 0 Å². The van der Waals surface area contributed by atoms with Crippen molar-refractivity contribution >= 4 is 23.9 Å². The van der Waals surface area contributed by atoms with E-state index in [0.29, 0.717) is 19.3 Å². The van der Waals surface area contributed by atoms with Crippen molar-refractivity contribution < 1.29 is 58.2 Å². The van der Waals surface area contributed by atoms with Gasteiger partial charge in [-0.15, -0.1) is 0 Å². The Balaban J connectivity index is 2.74. The number of hydrogen-bond donors (Lipinski definition) is 3. The van der Waals surface area contributed by atoms with Gasteiger partial charge in [0.15, 0.2) is 24.6 Å². The van der Waals surface area contributed by atoms with Crippen LogP contribution < -0.4 is 0 Å². The Morgan fingerprint density at radius 3 is 1.33 bits per heavy atom. The first-order chi connectivity index (χ1) is 36.6. The molecule has 1 heterocycles. The van der Waals surface area contributed by atoms with Crippen molar-refractivity contribution in [2.45, 2.75) is 263 Å². The normalized spacial score (nSPS) is 18.9. The Morgan fingerprint density at radius 1 is 0.453 bits per heavy atom. The van der Waals surface area contributed by atoms with E-state index in [4.69, 9.17) is 23.7 Å². The zero-order valence-corrected chi connectivity index (χ0v) is 46.8. The summed E-state index contributed by atoms with van der Waals surface area (Å²) in [5.41, 5.74) is 0. The maximum Gasteiger partial charge on any atom is 0.335 e. The fourth-order valence-electron chi connectivity index (χ4n) is 8.13. The number of hydrogen-bond acceptors (Lipinski definition) is 11. The second-order valence-corrected chi connectivity index (χ2v) is 19.5. The molecule has 75 heavy (non-hydrogen) atoms. The first kappa shape index (κ1) is 68.7. The first-order valence-electron chi connectivity index (χ1n) is 29.2. The van der Waals surface area contributed by atoms with Crippen molar-refractivity contribution in [3.05, 3.63) is 97.2 Å². The molecule has 0 aromatic heterocycles. The maximum atomic E-state index is 13.1. The third kappa shape index (κ3) is 40.6. The third-order valence-corrected chi connectivity index (χ3v) is 12.6. The Morgan fingerprint density at radius 2 is 0.867 bits per heavy atom. The predicted octanol–water partition coefficient (Wildman–Crippen LogP) is 14.9. The van der Waals surface area contributed by atoms with Crippen LogP contribution in [0.4, 0.5) is 0 Å². The van der Waals surface area contributed by atoms with Crippen LogP contribution in [0.5, 0.6) is 0 Å². The van der Waals surface area contributed by atoms with Crippen molar-refractivity contribution in [1.29, 1.82) is 0 Å². The van der Waals surface area contributed by atoms with Gasteiger partial charge in [0.2, 0.25) is 0 Å². The minimum atomic E-state index is -1.92. The predicted molar refractivity (Wildman–Crippen MR) is 303 cm³/mol. The lowest BCUT2D eigenvalue weighted by molar-refractivity contribution is -0.301. The average Bonchev–Trinajstić information content (AvgIpc) is 3.39. The Hall–Kier alpha value is -4.36. The monoisotopic (exact) mass is 1050 g/mol. The molecule has 0 spiro atoms. The van der Waals surface area contributed by atoms with E-state index in [9.17, 15) is 34.5 Å². The molecule has 0 aliphatic carbocycles. The molecule has 12 nitrogen and oxygen atoms in total. The lowest BCUT2D eigenvalue weighted by atomic mass is 9.98. The number of aliphatic hydroxyl groups excluding tert-OH is 2. The van der Waals surface area contributed by atoms with Crippen molar-refractivity contribution in [2.24, 2.45) is 0 Å². The second-order valence-electron chi connectivity index (χ2n) is 19.5. The molecule has 0 aromatic carbocycles. The molecule has 1 rings (SSSR count). The van der Waals surface area contributed by atoms with Crippen LogP contribution in [-0.2, 0) is 42.9 Å². The number of ether oxygens (including phenoxy) is 5. The van der Waals surface area contributed by atoms with E-state index in [1.165, 1.54) is 19.3 Å². The second kappa shape index (κ2) is 50.5. The van der Waals surface area contributed by atoms with E-state index < -0.39 is 67.3 Å². The molecule has 3 N–H and O–H groups in total. The number of esters is 3. The number of unbranched alkanes of at least 4 members (excludes halogenated alkanes) is 18. The van der Waals surface area contributed by atoms with E-state index in [2.05, 4.69) is 118 Å². The Kier molecular flexibility index (Phi) is 46.2. The number of allylic oxidation sites excluding steroid dienone is 16. The molecule has 0 saturated carbocycles. The van der Waals surface area contributed by atoms with Crippen molar-refractivity contribution in [3.8, 4) is 0 Å². The summed E-state index contributed by atoms with van der Waals surface area (Å²) in [7, 11) is 0. The van der Waals surface area contributed by atoms with Crippen LogP contribution in [-0.4, -0.2) is 89.2 Å². The number of aliphatic hydroxyl groups is 2. The maximum absolute atomic E-state index is 13.1. The average molecular weight is 1050 g/mol. The minimum Gasteiger partial charge on any atom is -0.479 e. The number of aliphatic carboxylic acids is 1. The van der Waals surface area contributed by atoms with Crippen LogP contribution in [0, 0.1) is 0 Å². The molecule has 0 radical (unpaired) electrons. The summed E-state index contributed by atoms with van der Waals surface area (Å²) in [6, 6.07) is 0. The molecule has 0 aromatic rings. The van der Waals surface area contributed by atoms with Crippen molar-refractivity contribution in [2.75, 3.05) is 13.2 Å². The van der Waals surface area contributed by atoms with Gasteiger partial charge < -0.3 is 39.0 Å². The topological polar surface area (TPSA) is 175 Å². The lowest BCUT2D eigenvalue weighted by Crippen LogP contribution is -2.61. The molecule has 0 bridgehead atoms. The van der Waals surface area contributed by atoms with Gasteiger partial charge in [-0.2, -0.15) is 0 Å². The summed E-state index contributed by atoms with van der Waals surface area (Å²) < 4.78 is 28.4. The number of carbonyl (C=O) groups is 4. The van der Waals surface area contributed by atoms with E-state index >= 15 is 0 Å². The molecule has 6 atom stereocenters. The molecule has 1 aliphatic rings. The quantitative estimate of drug-likeness (QED) is 0.0228. The van der Waals surface area contributed by atoms with Gasteiger partial charge in [-0.1, -0.05) is 189 Å². The van der Waals surface area contributed by atoms with Gasteiger partial charge in [0.05, 0.1) is 6.61 Å². The van der Waals surface area contributed by atoms with Crippen LogP contribution in [0.3, 0.4) is 0 Å². The van der Waals surface area contributed by atoms with Gasteiger partial charge in [0.25, 0.3) is 0 Å². The lowest BCUT2D eigenvalue weighted by Gasteiger charge is -2.40. The van der Waals surface area contributed by atoms with E-state index in [1.807, 2.05) is 0 Å². The van der Waals surface area contributed by atoms with Gasteiger partial charge in [-0.05, 0) is 116 Å². The third-order valence-electron chi connectivity index (χ3n) is 12.6. The number of carboxylic acids is 1. The summed E-state index contributed by atoms with van der Waals surface area (Å²) in [5.74, 6) is -3.20. The highest BCUT2D eigenvalue weighted by atomic mass is 16.7. The van der Waals surface area contributed by atoms with Crippen LogP contribution in [0.25, 0.3) is 0 Å². The molecule has 1 aliphatic heterocycles. The summed E-state index contributed by atoms with van der Waals surface area (Å²) in [6.45, 7) is 5.74. The smallest absolute Gasteiger partial charge is 0.335 e. The first-order valence-corrected chi connectivity index (χ1v) is 29.2. The highest BCUT2D eigenvalue weighted by Crippen LogP contribution is 2.26. The highest BCUT2D eigenvalue weighted by Gasteiger charge is 2.50. The zero-order chi connectivity index (χ0) is 54.7. The summed E-state index contributed by atoms with van der Waals surface area (Å²) in [6.07, 6.45) is 53.7. The minimum absolute atomic E-state index is 0.0358. The molecule has 6 unspecified atom stereocenters. The van der Waals surface area contributed by atoms with Crippen LogP contribution in [0.15, 0.2) is 97.2 Å². The summed E-state index contributed by atoms with van der Waals surface area (Å²) in [4.78, 5) is 51.1. The Bertz CT molecular complexity index is 1670. The fraction of sp³-hybridized carbons (Fsp3) is 0.683. The highest BCUT2D eigenvalue weighted by molar-refractivity contribution is 5.74. The summed E-state index contributed by atoms with van der Waals surface area (Å²) >= 11 is 0. The van der Waals surface area contributed by atoms with Gasteiger partial charge in [0, 0.05) is 19.3 Å². The Labute approximate surface area is 453 Å². The van der Waals surface area contributed by atoms with Crippen molar-refractivity contribution in [3.63, 3.8) is 0 Å². The molecule has 12 heteroatoms. The van der Waals surface area contributed by atoms with Gasteiger partial charge in [-0.3, -0.25) is 14.4 Å². The van der Waals surface area contributed by atoms with Crippen LogP contribution >= 0.6 is 0 Å². The SMILES string of the molecule is CC/C=C\C/C=C\C/C=C\C/C=C\CCCCCCC(=O)OCC(COC1OC(C(=O)O)C(O)C(O)C1OC(=O)CCCCCCC/C=C\C/C=C\CCC)OC(=O)CCCCCCC/C=C\C/C=C\CCCCC. The molecular weight excluding hydrogens is 949 g/mol. The summed E-state index contributed by atoms with van der Waals surface area (Å²) in [5, 5.41) is 31.4. The number of rotatable bonds is 48. The number of carbonyl (C=O) groups excluding carboxylic acids is 3. The molecule has 0 amide bonds. The fourth-order valence-corrected chi connectivity index (χ4v) is 8.13. The van der Waals surface area contributed by atoms with Gasteiger partial charge in [0.1, 0.15) is 18.8 Å². The van der Waals surface area contributed by atoms with Crippen LogP contribution in [0.1, 0.15) is 226 Å².